The molecule has 162 valence electrons. The topological polar surface area (TPSA) is 53.4 Å². The van der Waals surface area contributed by atoms with Crippen molar-refractivity contribution in [2.75, 3.05) is 31.5 Å². The molecule has 0 aliphatic carbocycles. The first-order chi connectivity index (χ1) is 14.6. The Morgan fingerprint density at radius 1 is 1.07 bits per heavy atom. The van der Waals surface area contributed by atoms with Gasteiger partial charge < -0.3 is 5.32 Å². The third kappa shape index (κ3) is 5.29. The molecule has 6 nitrogen and oxygen atoms in total. The maximum atomic E-state index is 12.2. The fraction of sp³-hybridized carbons (Fsp3) is 0.583. The monoisotopic (exact) mass is 409 g/mol. The van der Waals surface area contributed by atoms with Crippen LogP contribution < -0.4 is 5.32 Å². The van der Waals surface area contributed by atoms with Gasteiger partial charge in [-0.25, -0.2) is 4.68 Å². The van der Waals surface area contributed by atoms with Crippen LogP contribution >= 0.6 is 0 Å². The Kier molecular flexibility index (Phi) is 6.85. The first-order valence-electron chi connectivity index (χ1n) is 11.4. The fourth-order valence-electron chi connectivity index (χ4n) is 4.86. The summed E-state index contributed by atoms with van der Waals surface area (Å²) >= 11 is 0. The van der Waals surface area contributed by atoms with Crippen LogP contribution in [0, 0.1) is 5.92 Å². The lowest BCUT2D eigenvalue weighted by molar-refractivity contribution is -0.116. The Morgan fingerprint density at radius 2 is 1.80 bits per heavy atom. The highest BCUT2D eigenvalue weighted by Gasteiger charge is 2.31. The SMILES string of the molecule is CC(C)CC(=O)Nc1ccnn1C1CCN([C@H]2CCN(Cc3ccccc3)C2)CC1. The van der Waals surface area contributed by atoms with Gasteiger partial charge in [-0.3, -0.25) is 14.6 Å². The standard InChI is InChI=1S/C24H35N5O/c1-19(2)16-24(30)26-23-8-12-25-29(23)21-10-14-28(15-11-21)22-9-13-27(18-22)17-20-6-4-3-5-7-20/h3-8,12,19,21-22H,9-11,13-18H2,1-2H3,(H,26,30)/t22-/m0/s1. The molecule has 1 aromatic carbocycles. The second kappa shape index (κ2) is 9.75. The minimum Gasteiger partial charge on any atom is -0.311 e. The van der Waals surface area contributed by atoms with Crippen LogP contribution in [0.2, 0.25) is 0 Å². The second-order valence-corrected chi connectivity index (χ2v) is 9.24. The largest absolute Gasteiger partial charge is 0.311 e. The van der Waals surface area contributed by atoms with Crippen LogP contribution in [0.1, 0.15) is 51.1 Å². The minimum atomic E-state index is 0.0775. The van der Waals surface area contributed by atoms with Gasteiger partial charge in [-0.05, 0) is 30.7 Å². The van der Waals surface area contributed by atoms with Gasteiger partial charge in [-0.2, -0.15) is 5.10 Å². The molecular weight excluding hydrogens is 374 g/mol. The number of nitrogens with one attached hydrogen (secondary N) is 1. The van der Waals surface area contributed by atoms with Gasteiger partial charge in [0, 0.05) is 51.3 Å². The van der Waals surface area contributed by atoms with Crippen LogP contribution in [-0.4, -0.2) is 57.7 Å². The average Bonchev–Trinajstić information content (AvgIpc) is 3.38. The number of nitrogens with zero attached hydrogens (tertiary/aromatic N) is 4. The zero-order chi connectivity index (χ0) is 20.9. The van der Waals surface area contributed by atoms with Gasteiger partial charge in [-0.1, -0.05) is 44.2 Å². The van der Waals surface area contributed by atoms with Crippen LogP contribution in [0.15, 0.2) is 42.6 Å². The van der Waals surface area contributed by atoms with E-state index in [0.717, 1.165) is 44.8 Å². The molecule has 0 radical (unpaired) electrons. The van der Waals surface area contributed by atoms with E-state index in [1.165, 1.54) is 18.5 Å². The Morgan fingerprint density at radius 3 is 2.53 bits per heavy atom. The molecule has 2 aliphatic heterocycles. The Labute approximate surface area is 180 Å². The van der Waals surface area contributed by atoms with E-state index < -0.39 is 0 Å². The molecule has 2 fully saturated rings. The molecule has 2 aromatic rings. The van der Waals surface area contributed by atoms with Gasteiger partial charge in [0.2, 0.25) is 5.91 Å². The predicted molar refractivity (Wildman–Crippen MR) is 120 cm³/mol. The summed E-state index contributed by atoms with van der Waals surface area (Å²) in [7, 11) is 0. The van der Waals surface area contributed by atoms with Crippen LogP contribution in [0.5, 0.6) is 0 Å². The summed E-state index contributed by atoms with van der Waals surface area (Å²) in [5.41, 5.74) is 1.41. The van der Waals surface area contributed by atoms with Gasteiger partial charge in [0.1, 0.15) is 5.82 Å². The van der Waals surface area contributed by atoms with Crippen molar-refractivity contribution in [2.24, 2.45) is 5.92 Å². The molecule has 30 heavy (non-hydrogen) atoms. The summed E-state index contributed by atoms with van der Waals surface area (Å²) in [6.07, 6.45) is 5.78. The summed E-state index contributed by atoms with van der Waals surface area (Å²) in [6, 6.07) is 13.7. The van der Waals surface area contributed by atoms with E-state index in [0.29, 0.717) is 24.4 Å². The molecule has 1 N–H and O–H groups in total. The molecule has 6 heteroatoms. The van der Waals surface area contributed by atoms with E-state index in [4.69, 9.17) is 0 Å². The van der Waals surface area contributed by atoms with Crippen molar-refractivity contribution in [1.29, 1.82) is 0 Å². The van der Waals surface area contributed by atoms with Crippen molar-refractivity contribution < 1.29 is 4.79 Å². The van der Waals surface area contributed by atoms with Crippen LogP contribution in [0.4, 0.5) is 5.82 Å². The number of carbonyl (C=O) groups is 1. The third-order valence-electron chi connectivity index (χ3n) is 6.39. The van der Waals surface area contributed by atoms with Crippen molar-refractivity contribution >= 4 is 11.7 Å². The summed E-state index contributed by atoms with van der Waals surface area (Å²) in [4.78, 5) is 17.4. The van der Waals surface area contributed by atoms with Crippen molar-refractivity contribution in [3.63, 3.8) is 0 Å². The van der Waals surface area contributed by atoms with E-state index in [-0.39, 0.29) is 5.91 Å². The second-order valence-electron chi connectivity index (χ2n) is 9.24. The number of hydrogen-bond donors (Lipinski definition) is 1. The van der Waals surface area contributed by atoms with E-state index >= 15 is 0 Å². The Bertz CT molecular complexity index is 810. The summed E-state index contributed by atoms with van der Waals surface area (Å²) in [6.45, 7) is 9.75. The first-order valence-corrected chi connectivity index (χ1v) is 11.4. The third-order valence-corrected chi connectivity index (χ3v) is 6.39. The van der Waals surface area contributed by atoms with Gasteiger partial charge in [0.25, 0.3) is 0 Å². The van der Waals surface area contributed by atoms with Crippen LogP contribution in [0.3, 0.4) is 0 Å². The number of rotatable bonds is 7. The maximum absolute atomic E-state index is 12.2. The zero-order valence-electron chi connectivity index (χ0n) is 18.3. The lowest BCUT2D eigenvalue weighted by Crippen LogP contribution is -2.43. The van der Waals surface area contributed by atoms with Gasteiger partial charge in [-0.15, -0.1) is 0 Å². The number of anilines is 1. The number of aromatic nitrogens is 2. The summed E-state index contributed by atoms with van der Waals surface area (Å²) in [5, 5.41) is 7.58. The molecule has 0 saturated carbocycles. The molecular formula is C24H35N5O. The number of benzene rings is 1. The number of carbonyl (C=O) groups excluding carboxylic acids is 1. The smallest absolute Gasteiger partial charge is 0.225 e. The molecule has 1 amide bonds. The molecule has 1 aromatic heterocycles. The molecule has 0 spiro atoms. The van der Waals surface area contributed by atoms with Crippen molar-refractivity contribution in [3.05, 3.63) is 48.2 Å². The van der Waals surface area contributed by atoms with Crippen LogP contribution in [0.25, 0.3) is 0 Å². The van der Waals surface area contributed by atoms with Crippen LogP contribution in [-0.2, 0) is 11.3 Å². The molecule has 3 heterocycles. The molecule has 2 saturated heterocycles. The van der Waals surface area contributed by atoms with E-state index in [1.54, 1.807) is 6.20 Å². The van der Waals surface area contributed by atoms with Gasteiger partial charge in [0.05, 0.1) is 12.2 Å². The van der Waals surface area contributed by atoms with Crippen molar-refractivity contribution in [1.82, 2.24) is 19.6 Å². The molecule has 4 rings (SSSR count). The number of hydrogen-bond acceptors (Lipinski definition) is 4. The zero-order valence-corrected chi connectivity index (χ0v) is 18.3. The molecule has 0 unspecified atom stereocenters. The highest BCUT2D eigenvalue weighted by Crippen LogP contribution is 2.29. The number of piperidine rings is 1. The fourth-order valence-corrected chi connectivity index (χ4v) is 4.86. The van der Waals surface area contributed by atoms with Gasteiger partial charge in [0.15, 0.2) is 0 Å². The normalized spacial score (nSPS) is 21.4. The highest BCUT2D eigenvalue weighted by molar-refractivity contribution is 5.89. The maximum Gasteiger partial charge on any atom is 0.225 e. The van der Waals surface area contributed by atoms with E-state index in [9.17, 15) is 4.79 Å². The number of amides is 1. The van der Waals surface area contributed by atoms with Crippen molar-refractivity contribution in [3.8, 4) is 0 Å². The lowest BCUT2D eigenvalue weighted by Gasteiger charge is -2.36. The van der Waals surface area contributed by atoms with Crippen molar-refractivity contribution in [2.45, 2.75) is 58.2 Å². The first kappa shape index (κ1) is 21.1. The molecule has 1 atom stereocenters. The highest BCUT2D eigenvalue weighted by atomic mass is 16.1. The lowest BCUT2D eigenvalue weighted by atomic mass is 10.0. The molecule has 0 bridgehead atoms. The minimum absolute atomic E-state index is 0.0775. The molecule has 2 aliphatic rings. The average molecular weight is 410 g/mol. The van der Waals surface area contributed by atoms with E-state index in [1.807, 2.05) is 10.7 Å². The van der Waals surface area contributed by atoms with Gasteiger partial charge >= 0.3 is 0 Å². The Hall–Kier alpha value is -2.18. The summed E-state index contributed by atoms with van der Waals surface area (Å²) in [5.74, 6) is 1.28. The number of likely N-dealkylation sites (tertiary alicyclic amines) is 2. The summed E-state index contributed by atoms with van der Waals surface area (Å²) < 4.78 is 2.03. The van der Waals surface area contributed by atoms with E-state index in [2.05, 4.69) is 64.4 Å². The predicted octanol–water partition coefficient (Wildman–Crippen LogP) is 3.78. The Balaban J connectivity index is 1.27. The quantitative estimate of drug-likeness (QED) is 0.756.